The zero-order valence-electron chi connectivity index (χ0n) is 18.5. The second-order valence-electron chi connectivity index (χ2n) is 8.57. The number of nitrogens with one attached hydrogen (secondary N) is 1. The summed E-state index contributed by atoms with van der Waals surface area (Å²) in [6, 6.07) is 8.54. The normalized spacial score (nSPS) is 19.0. The Kier molecular flexibility index (Phi) is 7.35. The van der Waals surface area contributed by atoms with Crippen molar-refractivity contribution < 1.29 is 4.79 Å². The van der Waals surface area contributed by atoms with Crippen molar-refractivity contribution in [2.75, 3.05) is 44.2 Å². The lowest BCUT2D eigenvalue weighted by Crippen LogP contribution is -2.52. The molecule has 0 aliphatic carbocycles. The molecule has 2 aromatic rings. The molecule has 1 unspecified atom stereocenters. The third kappa shape index (κ3) is 5.73. The molecule has 1 atom stereocenters. The highest BCUT2D eigenvalue weighted by Gasteiger charge is 2.24. The number of nitrogens with zero attached hydrogens (tertiary/aromatic N) is 5. The molecule has 4 heterocycles. The molecule has 0 bridgehead atoms. The summed E-state index contributed by atoms with van der Waals surface area (Å²) in [5.74, 6) is 1.03. The molecule has 0 saturated carbocycles. The van der Waals surface area contributed by atoms with Gasteiger partial charge in [-0.05, 0) is 49.1 Å². The van der Waals surface area contributed by atoms with E-state index in [-0.39, 0.29) is 6.03 Å². The summed E-state index contributed by atoms with van der Waals surface area (Å²) < 4.78 is 0. The van der Waals surface area contributed by atoms with Gasteiger partial charge in [0.15, 0.2) is 0 Å². The third-order valence-electron chi connectivity index (χ3n) is 6.50. The summed E-state index contributed by atoms with van der Waals surface area (Å²) in [4.78, 5) is 28.2. The van der Waals surface area contributed by atoms with Gasteiger partial charge in [0.25, 0.3) is 0 Å². The van der Waals surface area contributed by atoms with E-state index in [2.05, 4.69) is 44.1 Å². The predicted octanol–water partition coefficient (Wildman–Crippen LogP) is 3.45. The highest BCUT2D eigenvalue weighted by molar-refractivity contribution is 5.74. The van der Waals surface area contributed by atoms with Crippen LogP contribution in [0.1, 0.15) is 49.8 Å². The first-order valence-corrected chi connectivity index (χ1v) is 11.6. The van der Waals surface area contributed by atoms with Crippen LogP contribution >= 0.6 is 0 Å². The molecule has 1 N–H and O–H groups in total. The van der Waals surface area contributed by atoms with Crippen LogP contribution in [0, 0.1) is 0 Å². The van der Waals surface area contributed by atoms with E-state index < -0.39 is 0 Å². The third-order valence-corrected chi connectivity index (χ3v) is 6.50. The van der Waals surface area contributed by atoms with Gasteiger partial charge in [0, 0.05) is 70.4 Å². The van der Waals surface area contributed by atoms with Crippen LogP contribution in [-0.2, 0) is 6.54 Å². The molecular weight excluding hydrogens is 388 g/mol. The lowest BCUT2D eigenvalue weighted by Gasteiger charge is -2.38. The number of carbonyl (C=O) groups excluding carboxylic acids is 1. The van der Waals surface area contributed by atoms with Crippen LogP contribution in [0.4, 0.5) is 10.6 Å². The number of urea groups is 1. The molecular formula is C24H34N6O. The Morgan fingerprint density at radius 3 is 2.52 bits per heavy atom. The average Bonchev–Trinajstić information content (AvgIpc) is 3.13. The maximum absolute atomic E-state index is 12.7. The quantitative estimate of drug-likeness (QED) is 0.800. The first-order chi connectivity index (χ1) is 15.2. The van der Waals surface area contributed by atoms with E-state index in [1.807, 2.05) is 29.4 Å². The van der Waals surface area contributed by atoms with Crippen molar-refractivity contribution in [2.45, 2.75) is 45.2 Å². The van der Waals surface area contributed by atoms with Gasteiger partial charge >= 0.3 is 6.03 Å². The van der Waals surface area contributed by atoms with Crippen LogP contribution in [0.15, 0.2) is 42.9 Å². The lowest BCUT2D eigenvalue weighted by molar-refractivity contribution is 0.113. The number of aromatic nitrogens is 2. The van der Waals surface area contributed by atoms with E-state index in [1.54, 1.807) is 6.20 Å². The van der Waals surface area contributed by atoms with E-state index >= 15 is 0 Å². The monoisotopic (exact) mass is 422 g/mol. The molecule has 31 heavy (non-hydrogen) atoms. The van der Waals surface area contributed by atoms with Crippen LogP contribution in [0.3, 0.4) is 0 Å². The number of rotatable bonds is 5. The van der Waals surface area contributed by atoms with Crippen LogP contribution < -0.4 is 10.2 Å². The second kappa shape index (κ2) is 10.6. The van der Waals surface area contributed by atoms with Gasteiger partial charge in [-0.2, -0.15) is 0 Å². The van der Waals surface area contributed by atoms with E-state index in [0.717, 1.165) is 50.6 Å². The predicted molar refractivity (Wildman–Crippen MR) is 123 cm³/mol. The summed E-state index contributed by atoms with van der Waals surface area (Å²) in [5, 5.41) is 3.10. The zero-order valence-corrected chi connectivity index (χ0v) is 18.5. The highest BCUT2D eigenvalue weighted by Crippen LogP contribution is 2.21. The number of amides is 2. The van der Waals surface area contributed by atoms with Crippen LogP contribution in [0.25, 0.3) is 0 Å². The molecule has 7 nitrogen and oxygen atoms in total. The van der Waals surface area contributed by atoms with Crippen LogP contribution in [-0.4, -0.2) is 65.1 Å². The van der Waals surface area contributed by atoms with Crippen LogP contribution in [0.5, 0.6) is 0 Å². The fourth-order valence-corrected chi connectivity index (χ4v) is 4.48. The Morgan fingerprint density at radius 2 is 1.81 bits per heavy atom. The van der Waals surface area contributed by atoms with Gasteiger partial charge in [0.05, 0.1) is 0 Å². The molecule has 2 amide bonds. The van der Waals surface area contributed by atoms with Gasteiger partial charge < -0.3 is 15.1 Å². The van der Waals surface area contributed by atoms with Gasteiger partial charge in [-0.25, -0.2) is 9.78 Å². The Hall–Kier alpha value is -2.67. The van der Waals surface area contributed by atoms with E-state index in [0.29, 0.717) is 12.6 Å². The Bertz CT molecular complexity index is 829. The number of hydrogen-bond acceptors (Lipinski definition) is 5. The molecule has 2 saturated heterocycles. The number of carbonyl (C=O) groups is 1. The summed E-state index contributed by atoms with van der Waals surface area (Å²) in [6.07, 6.45) is 10.7. The van der Waals surface area contributed by atoms with Crippen molar-refractivity contribution in [1.29, 1.82) is 0 Å². The fraction of sp³-hybridized carbons (Fsp3) is 0.542. The average molecular weight is 423 g/mol. The first kappa shape index (κ1) is 21.6. The lowest BCUT2D eigenvalue weighted by atomic mass is 10.1. The molecule has 2 aromatic heterocycles. The molecule has 4 rings (SSSR count). The van der Waals surface area contributed by atoms with Crippen molar-refractivity contribution >= 4 is 11.8 Å². The van der Waals surface area contributed by atoms with Crippen molar-refractivity contribution in [3.8, 4) is 0 Å². The van der Waals surface area contributed by atoms with Crippen molar-refractivity contribution in [3.05, 3.63) is 54.0 Å². The Labute approximate surface area is 185 Å². The zero-order chi connectivity index (χ0) is 21.5. The fourth-order valence-electron chi connectivity index (χ4n) is 4.48. The minimum absolute atomic E-state index is 0.0156. The SMILES string of the molecule is CC(c1cccnc1)N1CCN(C(=O)NCc2ccnc(N3CCCCCC3)c2)CC1. The smallest absolute Gasteiger partial charge is 0.317 e. The van der Waals surface area contributed by atoms with Gasteiger partial charge in [-0.15, -0.1) is 0 Å². The van der Waals surface area contributed by atoms with Crippen molar-refractivity contribution in [1.82, 2.24) is 25.1 Å². The Balaban J connectivity index is 1.25. The molecule has 166 valence electrons. The van der Waals surface area contributed by atoms with Gasteiger partial charge in [0.2, 0.25) is 0 Å². The minimum Gasteiger partial charge on any atom is -0.357 e. The molecule has 7 heteroatoms. The highest BCUT2D eigenvalue weighted by atomic mass is 16.2. The van der Waals surface area contributed by atoms with E-state index in [4.69, 9.17) is 0 Å². The van der Waals surface area contributed by atoms with Gasteiger partial charge in [-0.3, -0.25) is 9.88 Å². The van der Waals surface area contributed by atoms with Gasteiger partial charge in [-0.1, -0.05) is 18.9 Å². The van der Waals surface area contributed by atoms with Crippen molar-refractivity contribution in [3.63, 3.8) is 0 Å². The minimum atomic E-state index is 0.0156. The molecule has 2 aliphatic heterocycles. The van der Waals surface area contributed by atoms with Gasteiger partial charge in [0.1, 0.15) is 5.82 Å². The first-order valence-electron chi connectivity index (χ1n) is 11.6. The largest absolute Gasteiger partial charge is 0.357 e. The van der Waals surface area contributed by atoms with Crippen molar-refractivity contribution in [2.24, 2.45) is 0 Å². The molecule has 2 fully saturated rings. The summed E-state index contributed by atoms with van der Waals surface area (Å²) in [5.41, 5.74) is 2.32. The number of anilines is 1. The molecule has 0 aromatic carbocycles. The second-order valence-corrected chi connectivity index (χ2v) is 8.57. The van der Waals surface area contributed by atoms with E-state index in [9.17, 15) is 4.79 Å². The molecule has 2 aliphatic rings. The number of pyridine rings is 2. The molecule has 0 spiro atoms. The molecule has 0 radical (unpaired) electrons. The maximum Gasteiger partial charge on any atom is 0.317 e. The summed E-state index contributed by atoms with van der Waals surface area (Å²) in [6.45, 7) is 8.12. The van der Waals surface area contributed by atoms with E-state index in [1.165, 1.54) is 31.2 Å². The standard InChI is InChI=1S/C24H34N6O/c1-20(22-7-6-9-25-19-22)28-13-15-30(16-14-28)24(31)27-18-21-8-10-26-23(17-21)29-11-4-2-3-5-12-29/h6-10,17,19-20H,2-5,11-16,18H2,1H3,(H,27,31). The summed E-state index contributed by atoms with van der Waals surface area (Å²) >= 11 is 0. The topological polar surface area (TPSA) is 64.6 Å². The maximum atomic E-state index is 12.7. The van der Waals surface area contributed by atoms with Crippen LogP contribution in [0.2, 0.25) is 0 Å². The number of hydrogen-bond donors (Lipinski definition) is 1. The Morgan fingerprint density at radius 1 is 1.03 bits per heavy atom. The summed E-state index contributed by atoms with van der Waals surface area (Å²) in [7, 11) is 0. The number of piperazine rings is 1.